The van der Waals surface area contributed by atoms with Gasteiger partial charge in [-0.05, 0) is 62.4 Å². The molecule has 2 aromatic carbocycles. The second-order valence-electron chi connectivity index (χ2n) is 8.39. The minimum Gasteiger partial charge on any atom is -0.356 e. The predicted octanol–water partition coefficient (Wildman–Crippen LogP) is 4.88. The monoisotopic (exact) mass is 444 g/mol. The van der Waals surface area contributed by atoms with Gasteiger partial charge in [0.1, 0.15) is 11.8 Å². The van der Waals surface area contributed by atoms with Crippen molar-refractivity contribution < 1.29 is 8.73 Å². The van der Waals surface area contributed by atoms with E-state index in [1.807, 2.05) is 62.4 Å². The molecule has 4 aromatic rings. The second kappa shape index (κ2) is 9.03. The van der Waals surface area contributed by atoms with Gasteiger partial charge in [-0.3, -0.25) is 10.1 Å². The molecule has 7 heteroatoms. The lowest BCUT2D eigenvalue weighted by Gasteiger charge is -2.29. The minimum absolute atomic E-state index is 0.0915. The van der Waals surface area contributed by atoms with Crippen LogP contribution in [0.25, 0.3) is 22.2 Å². The Morgan fingerprint density at radius 2 is 1.88 bits per heavy atom. The molecule has 0 saturated heterocycles. The molecular weight excluding hydrogens is 420 g/mol. The lowest BCUT2D eigenvalue weighted by Crippen LogP contribution is -2.34. The molecule has 0 bridgehead atoms. The van der Waals surface area contributed by atoms with E-state index >= 15 is 0 Å². The van der Waals surface area contributed by atoms with E-state index in [9.17, 15) is 9.47 Å². The van der Waals surface area contributed by atoms with Crippen LogP contribution in [-0.2, 0) is 17.4 Å². The SMILES string of the molecule is CC(C)(C[C@H](Cc1ncccc1C#N)c1ccccc1-c1noc2ccccc12)S(N)=O. The van der Waals surface area contributed by atoms with Gasteiger partial charge in [0.05, 0.1) is 27.0 Å². The second-order valence-corrected chi connectivity index (χ2v) is 10.1. The molecule has 0 aliphatic heterocycles. The molecule has 162 valence electrons. The third-order valence-corrected chi connectivity index (χ3v) is 7.02. The van der Waals surface area contributed by atoms with Gasteiger partial charge in [-0.25, -0.2) is 4.21 Å². The predicted molar refractivity (Wildman–Crippen MR) is 126 cm³/mol. The van der Waals surface area contributed by atoms with Crippen LogP contribution in [0.3, 0.4) is 0 Å². The number of nitrogens with two attached hydrogens (primary N) is 1. The van der Waals surface area contributed by atoms with E-state index in [-0.39, 0.29) is 5.92 Å². The van der Waals surface area contributed by atoms with Crippen molar-refractivity contribution in [3.8, 4) is 17.3 Å². The van der Waals surface area contributed by atoms with E-state index < -0.39 is 15.7 Å². The number of rotatable bonds is 7. The zero-order valence-electron chi connectivity index (χ0n) is 18.0. The maximum absolute atomic E-state index is 12.3. The van der Waals surface area contributed by atoms with Crippen LogP contribution < -0.4 is 5.14 Å². The highest BCUT2D eigenvalue weighted by Gasteiger charge is 2.31. The fourth-order valence-electron chi connectivity index (χ4n) is 4.05. The quantitative estimate of drug-likeness (QED) is 0.437. The standard InChI is InChI=1S/C25H24N4O2S/c1-25(2,32(27)30)15-18(14-22-17(16-26)8-7-13-28-22)19-9-3-4-10-20(19)24-21-11-5-6-12-23(21)31-29-24/h3-13,18H,14-15,27H2,1-2H3/t18-,32?/m0/s1. The molecule has 2 N–H and O–H groups in total. The molecule has 2 atom stereocenters. The smallest absolute Gasteiger partial charge is 0.167 e. The topological polar surface area (TPSA) is 106 Å². The number of para-hydroxylation sites is 1. The van der Waals surface area contributed by atoms with Gasteiger partial charge in [0, 0.05) is 17.1 Å². The summed E-state index contributed by atoms with van der Waals surface area (Å²) in [5, 5.41) is 20.7. The Bertz CT molecular complexity index is 1320. The molecular formula is C25H24N4O2S. The van der Waals surface area contributed by atoms with E-state index in [2.05, 4.69) is 16.2 Å². The highest BCUT2D eigenvalue weighted by atomic mass is 32.2. The summed E-state index contributed by atoms with van der Waals surface area (Å²) in [6, 6.07) is 21.5. The molecule has 0 amide bonds. The Morgan fingerprint density at radius 3 is 2.66 bits per heavy atom. The van der Waals surface area contributed by atoms with Gasteiger partial charge in [0.2, 0.25) is 0 Å². The zero-order valence-corrected chi connectivity index (χ0v) is 18.8. The van der Waals surface area contributed by atoms with Crippen LogP contribution in [-0.4, -0.2) is 19.1 Å². The van der Waals surface area contributed by atoms with Crippen molar-refractivity contribution in [2.75, 3.05) is 0 Å². The Kier molecular flexibility index (Phi) is 6.17. The maximum atomic E-state index is 12.3. The lowest BCUT2D eigenvalue weighted by atomic mass is 9.82. The summed E-state index contributed by atoms with van der Waals surface area (Å²) in [7, 11) is -1.52. The fourth-order valence-corrected chi connectivity index (χ4v) is 4.42. The average Bonchev–Trinajstić information content (AvgIpc) is 3.23. The van der Waals surface area contributed by atoms with Crippen LogP contribution >= 0.6 is 0 Å². The van der Waals surface area contributed by atoms with Crippen LogP contribution in [0.4, 0.5) is 0 Å². The highest BCUT2D eigenvalue weighted by Crippen LogP contribution is 2.39. The number of fused-ring (bicyclic) bond motifs is 1. The Balaban J connectivity index is 1.85. The first-order chi connectivity index (χ1) is 15.4. The summed E-state index contributed by atoms with van der Waals surface area (Å²) < 4.78 is 17.2. The Labute approximate surface area is 189 Å². The van der Waals surface area contributed by atoms with Crippen molar-refractivity contribution in [2.45, 2.75) is 37.4 Å². The molecule has 0 aliphatic carbocycles. The van der Waals surface area contributed by atoms with Gasteiger partial charge in [0.25, 0.3) is 0 Å². The van der Waals surface area contributed by atoms with Gasteiger partial charge in [-0.15, -0.1) is 0 Å². The van der Waals surface area contributed by atoms with Crippen molar-refractivity contribution in [3.63, 3.8) is 0 Å². The van der Waals surface area contributed by atoms with E-state index in [1.165, 1.54) is 0 Å². The van der Waals surface area contributed by atoms with Crippen LogP contribution in [0.15, 0.2) is 71.4 Å². The first kappa shape index (κ1) is 21.9. The fraction of sp³-hybridized carbons (Fsp3) is 0.240. The number of nitriles is 1. The summed E-state index contributed by atoms with van der Waals surface area (Å²) in [4.78, 5) is 4.47. The lowest BCUT2D eigenvalue weighted by molar-refractivity contribution is 0.459. The Hall–Kier alpha value is -3.34. The largest absolute Gasteiger partial charge is 0.356 e. The van der Waals surface area contributed by atoms with Crippen LogP contribution in [0.2, 0.25) is 0 Å². The minimum atomic E-state index is -1.52. The van der Waals surface area contributed by atoms with Gasteiger partial charge in [-0.1, -0.05) is 41.6 Å². The molecule has 0 spiro atoms. The molecule has 2 heterocycles. The first-order valence-corrected chi connectivity index (χ1v) is 11.6. The normalized spacial score (nSPS) is 13.6. The highest BCUT2D eigenvalue weighted by molar-refractivity contribution is 7.84. The van der Waals surface area contributed by atoms with Crippen molar-refractivity contribution in [2.24, 2.45) is 5.14 Å². The van der Waals surface area contributed by atoms with Gasteiger partial charge >= 0.3 is 0 Å². The number of hydrogen-bond donors (Lipinski definition) is 1. The number of pyridine rings is 1. The van der Waals surface area contributed by atoms with E-state index in [0.717, 1.165) is 22.2 Å². The number of nitrogens with zero attached hydrogens (tertiary/aromatic N) is 3. The third kappa shape index (κ3) is 4.33. The summed E-state index contributed by atoms with van der Waals surface area (Å²) >= 11 is 0. The molecule has 1 unspecified atom stereocenters. The summed E-state index contributed by atoms with van der Waals surface area (Å²) in [6.07, 6.45) is 2.75. The Morgan fingerprint density at radius 1 is 1.12 bits per heavy atom. The molecule has 0 saturated carbocycles. The number of hydrogen-bond acceptors (Lipinski definition) is 5. The van der Waals surface area contributed by atoms with Crippen LogP contribution in [0.1, 0.15) is 43.0 Å². The van der Waals surface area contributed by atoms with Crippen molar-refractivity contribution in [1.82, 2.24) is 10.1 Å². The molecule has 2 aromatic heterocycles. The van der Waals surface area contributed by atoms with Crippen molar-refractivity contribution in [1.29, 1.82) is 5.26 Å². The average molecular weight is 445 g/mol. The third-order valence-electron chi connectivity index (χ3n) is 5.77. The molecule has 0 aliphatic rings. The van der Waals surface area contributed by atoms with E-state index in [0.29, 0.717) is 29.7 Å². The van der Waals surface area contributed by atoms with Crippen LogP contribution in [0.5, 0.6) is 0 Å². The first-order valence-electron chi connectivity index (χ1n) is 10.3. The maximum Gasteiger partial charge on any atom is 0.167 e. The summed E-state index contributed by atoms with van der Waals surface area (Å²) in [5.74, 6) is -0.0915. The molecule has 6 nitrogen and oxygen atoms in total. The van der Waals surface area contributed by atoms with Crippen LogP contribution in [0, 0.1) is 11.3 Å². The van der Waals surface area contributed by atoms with Crippen molar-refractivity contribution in [3.05, 3.63) is 83.7 Å². The molecule has 4 rings (SSSR count). The van der Waals surface area contributed by atoms with E-state index in [1.54, 1.807) is 18.3 Å². The van der Waals surface area contributed by atoms with Gasteiger partial charge < -0.3 is 4.52 Å². The van der Waals surface area contributed by atoms with Gasteiger partial charge in [-0.2, -0.15) is 5.26 Å². The van der Waals surface area contributed by atoms with Crippen molar-refractivity contribution >= 4 is 22.0 Å². The summed E-state index contributed by atoms with van der Waals surface area (Å²) in [6.45, 7) is 3.79. The van der Waals surface area contributed by atoms with Gasteiger partial charge in [0.15, 0.2) is 5.58 Å². The molecule has 0 radical (unpaired) electrons. The van der Waals surface area contributed by atoms with E-state index in [4.69, 9.17) is 9.66 Å². The molecule has 32 heavy (non-hydrogen) atoms. The molecule has 0 fully saturated rings. The number of benzene rings is 2. The zero-order chi connectivity index (χ0) is 22.7. The number of aromatic nitrogens is 2. The summed E-state index contributed by atoms with van der Waals surface area (Å²) in [5.41, 5.74) is 4.69.